The number of nitrogens with one attached hydrogen (secondary N) is 1. The molecule has 0 atom stereocenters. The smallest absolute Gasteiger partial charge is 0.286 e. The molecule has 0 saturated heterocycles. The van der Waals surface area contributed by atoms with Crippen molar-refractivity contribution in [1.82, 2.24) is 15.1 Å². The van der Waals surface area contributed by atoms with Crippen molar-refractivity contribution in [3.8, 4) is 5.75 Å². The molecule has 0 spiro atoms. The average molecular weight is 457 g/mol. The van der Waals surface area contributed by atoms with Gasteiger partial charge in [-0.15, -0.1) is 0 Å². The Morgan fingerprint density at radius 1 is 1.21 bits per heavy atom. The predicted octanol–water partition coefficient (Wildman–Crippen LogP) is 5.45. The highest BCUT2D eigenvalue weighted by atomic mass is 35.5. The van der Waals surface area contributed by atoms with Crippen molar-refractivity contribution in [1.29, 1.82) is 0 Å². The van der Waals surface area contributed by atoms with Gasteiger partial charge in [0.2, 0.25) is 0 Å². The number of benzene rings is 1. The molecule has 0 aliphatic heterocycles. The summed E-state index contributed by atoms with van der Waals surface area (Å²) in [5.74, 6) is 1.17. The summed E-state index contributed by atoms with van der Waals surface area (Å²) < 4.78 is 12.8. The third kappa shape index (κ3) is 5.47. The fourth-order valence-electron chi connectivity index (χ4n) is 2.64. The molecule has 1 aromatic carbocycles. The Morgan fingerprint density at radius 3 is 2.69 bits per heavy atom. The van der Waals surface area contributed by atoms with Gasteiger partial charge in [0.05, 0.1) is 5.69 Å². The first kappa shape index (κ1) is 21.6. The van der Waals surface area contributed by atoms with E-state index in [1.54, 1.807) is 35.9 Å². The number of nitrogens with zero attached hydrogens (tertiary/aromatic N) is 2. The Morgan fingerprint density at radius 2 is 2.00 bits per heavy atom. The molecule has 2 heterocycles. The maximum absolute atomic E-state index is 12.2. The van der Waals surface area contributed by atoms with Gasteiger partial charge in [-0.05, 0) is 56.2 Å². The number of carbonyl (C=O) groups excluding carboxylic acids is 1. The molecular weight excluding hydrogens is 437 g/mol. The van der Waals surface area contributed by atoms with E-state index >= 15 is 0 Å². The van der Waals surface area contributed by atoms with Crippen LogP contribution in [0.1, 0.15) is 34.0 Å². The van der Waals surface area contributed by atoms with Crippen LogP contribution >= 0.6 is 34.8 Å². The zero-order valence-corrected chi connectivity index (χ0v) is 18.2. The number of furan rings is 1. The number of ether oxygens (including phenoxy) is 1. The van der Waals surface area contributed by atoms with Crippen molar-refractivity contribution in [2.24, 2.45) is 0 Å². The summed E-state index contributed by atoms with van der Waals surface area (Å²) in [7, 11) is 0. The second-order valence-corrected chi connectivity index (χ2v) is 7.63. The highest BCUT2D eigenvalue weighted by molar-refractivity contribution is 6.41. The molecule has 0 fully saturated rings. The summed E-state index contributed by atoms with van der Waals surface area (Å²) >= 11 is 18.1. The van der Waals surface area contributed by atoms with Crippen LogP contribution in [0.15, 0.2) is 34.7 Å². The van der Waals surface area contributed by atoms with E-state index in [-0.39, 0.29) is 18.3 Å². The van der Waals surface area contributed by atoms with E-state index in [2.05, 4.69) is 10.4 Å². The number of hydrogen-bond donors (Lipinski definition) is 1. The lowest BCUT2D eigenvalue weighted by Crippen LogP contribution is -2.25. The zero-order valence-electron chi connectivity index (χ0n) is 16.0. The van der Waals surface area contributed by atoms with Crippen LogP contribution < -0.4 is 10.1 Å². The van der Waals surface area contributed by atoms with Gasteiger partial charge in [-0.3, -0.25) is 9.48 Å². The quantitative estimate of drug-likeness (QED) is 0.457. The van der Waals surface area contributed by atoms with Gasteiger partial charge in [-0.25, -0.2) is 0 Å². The summed E-state index contributed by atoms with van der Waals surface area (Å²) in [5.41, 5.74) is 1.61. The van der Waals surface area contributed by atoms with Crippen LogP contribution in [0.2, 0.25) is 15.2 Å². The topological polar surface area (TPSA) is 69.3 Å². The molecule has 0 saturated carbocycles. The van der Waals surface area contributed by atoms with Crippen molar-refractivity contribution >= 4 is 40.7 Å². The summed E-state index contributed by atoms with van der Waals surface area (Å²) in [5, 5.41) is 8.59. The second-order valence-electron chi connectivity index (χ2n) is 6.49. The Bertz CT molecular complexity index is 1010. The molecule has 9 heteroatoms. The number of aryl methyl sites for hydroxylation is 3. The molecule has 0 aliphatic rings. The maximum atomic E-state index is 12.2. The Kier molecular flexibility index (Phi) is 7.11. The maximum Gasteiger partial charge on any atom is 0.286 e. The molecule has 3 rings (SSSR count). The molecule has 29 heavy (non-hydrogen) atoms. The van der Waals surface area contributed by atoms with E-state index in [4.69, 9.17) is 44.0 Å². The van der Waals surface area contributed by atoms with Crippen LogP contribution in [0, 0.1) is 13.8 Å². The SMILES string of the molecule is Cc1cc(OCc2ccc(C(=O)NCCCn3nc(C)c(Cl)c3Cl)o2)ccc1Cl. The minimum Gasteiger partial charge on any atom is -0.486 e. The molecule has 3 aromatic rings. The number of halogens is 3. The van der Waals surface area contributed by atoms with Gasteiger partial charge in [0.25, 0.3) is 5.91 Å². The molecule has 6 nitrogen and oxygen atoms in total. The highest BCUT2D eigenvalue weighted by Gasteiger charge is 2.13. The van der Waals surface area contributed by atoms with Gasteiger partial charge < -0.3 is 14.5 Å². The average Bonchev–Trinajstić information content (AvgIpc) is 3.27. The minimum atomic E-state index is -0.292. The van der Waals surface area contributed by atoms with Crippen molar-refractivity contribution in [2.45, 2.75) is 33.4 Å². The highest BCUT2D eigenvalue weighted by Crippen LogP contribution is 2.25. The van der Waals surface area contributed by atoms with E-state index in [0.717, 1.165) is 5.56 Å². The van der Waals surface area contributed by atoms with Crippen LogP contribution in [0.3, 0.4) is 0 Å². The first-order chi connectivity index (χ1) is 13.8. The first-order valence-corrected chi connectivity index (χ1v) is 10.1. The number of aromatic nitrogens is 2. The standard InChI is InChI=1S/C20H20Cl3N3O3/c1-12-10-14(4-6-16(12)21)28-11-15-5-7-17(29-15)20(27)24-8-3-9-26-19(23)18(22)13(2)25-26/h4-7,10H,3,8-9,11H2,1-2H3,(H,24,27). The first-order valence-electron chi connectivity index (χ1n) is 8.99. The molecule has 154 valence electrons. The lowest BCUT2D eigenvalue weighted by Gasteiger charge is -2.06. The Labute approximate surface area is 183 Å². The third-order valence-electron chi connectivity index (χ3n) is 4.22. The molecule has 1 N–H and O–H groups in total. The second kappa shape index (κ2) is 9.57. The van der Waals surface area contributed by atoms with Crippen LogP contribution in [-0.2, 0) is 13.2 Å². The molecule has 0 bridgehead atoms. The predicted molar refractivity (Wildman–Crippen MR) is 113 cm³/mol. The fraction of sp³-hybridized carbons (Fsp3) is 0.300. The van der Waals surface area contributed by atoms with E-state index in [9.17, 15) is 4.79 Å². The summed E-state index contributed by atoms with van der Waals surface area (Å²) in [6, 6.07) is 8.74. The van der Waals surface area contributed by atoms with E-state index in [0.29, 0.717) is 51.9 Å². The minimum absolute atomic E-state index is 0.215. The van der Waals surface area contributed by atoms with Crippen molar-refractivity contribution in [2.75, 3.05) is 6.54 Å². The number of carbonyl (C=O) groups is 1. The molecule has 2 aromatic heterocycles. The van der Waals surface area contributed by atoms with Crippen LogP contribution in [0.4, 0.5) is 0 Å². The number of amides is 1. The normalized spacial score (nSPS) is 10.9. The lowest BCUT2D eigenvalue weighted by atomic mass is 10.2. The van der Waals surface area contributed by atoms with Crippen LogP contribution in [0.25, 0.3) is 0 Å². The fourth-order valence-corrected chi connectivity index (χ4v) is 3.15. The van der Waals surface area contributed by atoms with Crippen molar-refractivity contribution in [3.63, 3.8) is 0 Å². The van der Waals surface area contributed by atoms with Crippen LogP contribution in [-0.4, -0.2) is 22.2 Å². The van der Waals surface area contributed by atoms with E-state index in [1.165, 1.54) is 0 Å². The summed E-state index contributed by atoms with van der Waals surface area (Å²) in [6.07, 6.45) is 0.648. The molecule has 0 unspecified atom stereocenters. The largest absolute Gasteiger partial charge is 0.486 e. The molecule has 1 amide bonds. The van der Waals surface area contributed by atoms with Crippen molar-refractivity contribution < 1.29 is 13.9 Å². The number of rotatable bonds is 8. The zero-order chi connectivity index (χ0) is 21.0. The molecule has 0 radical (unpaired) electrons. The molecular formula is C20H20Cl3N3O3. The van der Waals surface area contributed by atoms with E-state index in [1.807, 2.05) is 13.0 Å². The number of hydrogen-bond acceptors (Lipinski definition) is 4. The lowest BCUT2D eigenvalue weighted by molar-refractivity contribution is 0.0921. The van der Waals surface area contributed by atoms with Gasteiger partial charge >= 0.3 is 0 Å². The monoisotopic (exact) mass is 455 g/mol. The van der Waals surface area contributed by atoms with Gasteiger partial charge in [-0.1, -0.05) is 34.8 Å². The molecule has 0 aliphatic carbocycles. The van der Waals surface area contributed by atoms with Gasteiger partial charge in [0, 0.05) is 18.1 Å². The van der Waals surface area contributed by atoms with Crippen LogP contribution in [0.5, 0.6) is 5.75 Å². The third-order valence-corrected chi connectivity index (χ3v) is 5.58. The van der Waals surface area contributed by atoms with Gasteiger partial charge in [0.15, 0.2) is 5.76 Å². The summed E-state index contributed by atoms with van der Waals surface area (Å²) in [4.78, 5) is 12.2. The van der Waals surface area contributed by atoms with Gasteiger partial charge in [0.1, 0.15) is 28.3 Å². The van der Waals surface area contributed by atoms with Gasteiger partial charge in [-0.2, -0.15) is 5.10 Å². The van der Waals surface area contributed by atoms with E-state index < -0.39 is 0 Å². The van der Waals surface area contributed by atoms with Crippen molar-refractivity contribution in [3.05, 3.63) is 68.3 Å². The Hall–Kier alpha value is -2.15. The summed E-state index contributed by atoms with van der Waals surface area (Å²) in [6.45, 7) is 4.90. The Balaban J connectivity index is 1.45.